The summed E-state index contributed by atoms with van der Waals surface area (Å²) in [6.45, 7) is 0. The summed E-state index contributed by atoms with van der Waals surface area (Å²) in [4.78, 5) is 6.96. The molecule has 0 aliphatic rings. The van der Waals surface area contributed by atoms with Crippen LogP contribution < -0.4 is 5.48 Å². The van der Waals surface area contributed by atoms with Gasteiger partial charge in [0.25, 0.3) is 0 Å². The Hall–Kier alpha value is -0.580. The van der Waals surface area contributed by atoms with E-state index >= 15 is 0 Å². The number of rotatable bonds is 1. The normalized spacial score (nSPS) is 9.50. The van der Waals surface area contributed by atoms with Gasteiger partial charge in [0.2, 0.25) is 5.28 Å². The zero-order valence-corrected chi connectivity index (χ0v) is 6.10. The lowest BCUT2D eigenvalue weighted by Gasteiger charge is -2.04. The van der Waals surface area contributed by atoms with Gasteiger partial charge < -0.3 is 10.7 Å². The van der Waals surface area contributed by atoms with Gasteiger partial charge in [-0.3, -0.25) is 0 Å². The van der Waals surface area contributed by atoms with Crippen LogP contribution in [0.4, 0.5) is 5.69 Å². The van der Waals surface area contributed by atoms with Crippen molar-refractivity contribution in [2.75, 3.05) is 0 Å². The summed E-state index contributed by atoms with van der Waals surface area (Å²) in [7, 11) is 0. The lowest BCUT2D eigenvalue weighted by atomic mass is 10.6. The van der Waals surface area contributed by atoms with Crippen LogP contribution in [0.1, 0.15) is 0 Å². The van der Waals surface area contributed by atoms with Crippen LogP contribution in [0.5, 0.6) is 0 Å². The minimum absolute atomic E-state index is 0.00241. The van der Waals surface area contributed by atoms with E-state index in [9.17, 15) is 5.21 Å². The first-order valence-electron chi connectivity index (χ1n) is 2.25. The van der Waals surface area contributed by atoms with Gasteiger partial charge in [0.1, 0.15) is 5.69 Å². The Morgan fingerprint density at radius 1 is 1.50 bits per heavy atom. The number of nitrogens with zero attached hydrogens (tertiary/aromatic N) is 3. The molecule has 1 heterocycles. The molecule has 0 saturated heterocycles. The second kappa shape index (κ2) is 3.01. The monoisotopic (exact) mass is 177 g/mol. The van der Waals surface area contributed by atoms with Gasteiger partial charge >= 0.3 is 0 Å². The third kappa shape index (κ3) is 1.47. The number of hydrogen-bond donors (Lipinski definition) is 0. The Kier molecular flexibility index (Phi) is 2.26. The Balaban J connectivity index is 3.07. The molecule has 0 atom stereocenters. The average Bonchev–Trinajstić information content (AvgIpc) is 1.88. The smallest absolute Gasteiger partial charge is 0.223 e. The molecule has 0 aromatic carbocycles. The lowest BCUT2D eigenvalue weighted by molar-refractivity contribution is 1.09. The highest BCUT2D eigenvalue weighted by atomic mass is 35.5. The highest BCUT2D eigenvalue weighted by Gasteiger charge is 1.98. The van der Waals surface area contributed by atoms with Crippen LogP contribution in [0.3, 0.4) is 0 Å². The third-order valence-corrected chi connectivity index (χ3v) is 1.25. The SMILES string of the molecule is [O-][N]c1cnc(Cl)nc1Cl. The Morgan fingerprint density at radius 3 is 2.70 bits per heavy atom. The van der Waals surface area contributed by atoms with Gasteiger partial charge in [-0.05, 0) is 11.6 Å². The summed E-state index contributed by atoms with van der Waals surface area (Å²) in [5.74, 6) is 0. The summed E-state index contributed by atoms with van der Waals surface area (Å²) in [5, 5.41) is 9.85. The molecular weight excluding hydrogens is 177 g/mol. The Morgan fingerprint density at radius 2 is 2.20 bits per heavy atom. The third-order valence-electron chi connectivity index (χ3n) is 0.793. The van der Waals surface area contributed by atoms with Crippen molar-refractivity contribution in [2.24, 2.45) is 0 Å². The van der Waals surface area contributed by atoms with E-state index in [-0.39, 0.29) is 16.1 Å². The summed E-state index contributed by atoms with van der Waals surface area (Å²) in [6.07, 6.45) is 1.16. The molecule has 0 aliphatic carbocycles. The summed E-state index contributed by atoms with van der Waals surface area (Å²) in [5.41, 5.74) is 2.54. The molecule has 0 amide bonds. The van der Waals surface area contributed by atoms with Crippen LogP contribution >= 0.6 is 23.2 Å². The first-order chi connectivity index (χ1) is 4.74. The number of halogens is 2. The fraction of sp³-hybridized carbons (Fsp3) is 0. The van der Waals surface area contributed by atoms with Crippen LogP contribution in [0, 0.1) is 5.21 Å². The Bertz CT molecular complexity index is 242. The van der Waals surface area contributed by atoms with Gasteiger partial charge in [0.05, 0.1) is 6.20 Å². The van der Waals surface area contributed by atoms with E-state index in [0.29, 0.717) is 0 Å². The maximum absolute atomic E-state index is 9.88. The molecular formula is C4HCl2N3O-. The molecule has 1 aromatic rings. The maximum atomic E-state index is 9.88. The zero-order valence-electron chi connectivity index (χ0n) is 4.58. The molecule has 0 unspecified atom stereocenters. The number of hydrogen-bond acceptors (Lipinski definition) is 3. The first kappa shape index (κ1) is 7.53. The Labute approximate surface area is 66.8 Å². The second-order valence-corrected chi connectivity index (χ2v) is 2.10. The van der Waals surface area contributed by atoms with E-state index in [1.165, 1.54) is 0 Å². The molecule has 0 bridgehead atoms. The minimum atomic E-state index is -0.0324. The van der Waals surface area contributed by atoms with E-state index in [0.717, 1.165) is 6.20 Å². The fourth-order valence-corrected chi connectivity index (χ4v) is 0.736. The van der Waals surface area contributed by atoms with Crippen molar-refractivity contribution in [1.29, 1.82) is 0 Å². The van der Waals surface area contributed by atoms with E-state index in [1.807, 2.05) is 0 Å². The summed E-state index contributed by atoms with van der Waals surface area (Å²) in [6, 6.07) is 0. The number of aromatic nitrogens is 2. The highest BCUT2D eigenvalue weighted by molar-refractivity contribution is 6.33. The molecule has 0 saturated carbocycles. The van der Waals surface area contributed by atoms with Gasteiger partial charge in [0, 0.05) is 0 Å². The van der Waals surface area contributed by atoms with Crippen molar-refractivity contribution < 1.29 is 0 Å². The van der Waals surface area contributed by atoms with Crippen LogP contribution in [-0.4, -0.2) is 9.97 Å². The summed E-state index contributed by atoms with van der Waals surface area (Å²) >= 11 is 10.7. The van der Waals surface area contributed by atoms with Crippen LogP contribution in [0.15, 0.2) is 6.20 Å². The topological polar surface area (TPSA) is 62.9 Å². The first-order valence-corrected chi connectivity index (χ1v) is 3.01. The highest BCUT2D eigenvalue weighted by Crippen LogP contribution is 2.18. The predicted octanol–water partition coefficient (Wildman–Crippen LogP) is 1.52. The van der Waals surface area contributed by atoms with Gasteiger partial charge in [-0.1, -0.05) is 11.6 Å². The van der Waals surface area contributed by atoms with E-state index < -0.39 is 0 Å². The maximum Gasteiger partial charge on any atom is 0.223 e. The van der Waals surface area contributed by atoms with Gasteiger partial charge in [-0.15, -0.1) is 0 Å². The zero-order chi connectivity index (χ0) is 7.56. The van der Waals surface area contributed by atoms with Crippen molar-refractivity contribution in [3.8, 4) is 0 Å². The predicted molar refractivity (Wildman–Crippen MR) is 37.2 cm³/mol. The molecule has 0 N–H and O–H groups in total. The van der Waals surface area contributed by atoms with Gasteiger partial charge in [-0.25, -0.2) is 9.97 Å². The summed E-state index contributed by atoms with van der Waals surface area (Å²) < 4.78 is 0. The van der Waals surface area contributed by atoms with Gasteiger partial charge in [0.15, 0.2) is 5.15 Å². The van der Waals surface area contributed by atoms with Crippen molar-refractivity contribution in [2.45, 2.75) is 0 Å². The molecule has 0 spiro atoms. The van der Waals surface area contributed by atoms with Crippen molar-refractivity contribution in [1.82, 2.24) is 15.4 Å². The molecule has 1 aromatic heterocycles. The molecule has 10 heavy (non-hydrogen) atoms. The van der Waals surface area contributed by atoms with Gasteiger partial charge in [-0.2, -0.15) is 0 Å². The fourth-order valence-electron chi connectivity index (χ4n) is 0.396. The van der Waals surface area contributed by atoms with Crippen molar-refractivity contribution in [3.63, 3.8) is 0 Å². The molecule has 1 rings (SSSR count). The van der Waals surface area contributed by atoms with Crippen molar-refractivity contribution in [3.05, 3.63) is 21.8 Å². The van der Waals surface area contributed by atoms with E-state index in [2.05, 4.69) is 15.4 Å². The van der Waals surface area contributed by atoms with Crippen molar-refractivity contribution >= 4 is 28.9 Å². The average molecular weight is 178 g/mol. The van der Waals surface area contributed by atoms with Crippen LogP contribution in [0.25, 0.3) is 0 Å². The molecule has 4 nitrogen and oxygen atoms in total. The molecule has 53 valence electrons. The molecule has 1 radical (unpaired) electrons. The lowest BCUT2D eigenvalue weighted by Crippen LogP contribution is -1.90. The van der Waals surface area contributed by atoms with E-state index in [4.69, 9.17) is 23.2 Å². The standard InChI is InChI=1S/C4HCl2N3O/c5-3-2(9-10)1-7-4(6)8-3/h1H/q-1. The molecule has 0 fully saturated rings. The molecule has 6 heteroatoms. The second-order valence-electron chi connectivity index (χ2n) is 1.41. The van der Waals surface area contributed by atoms with Crippen LogP contribution in [0.2, 0.25) is 10.4 Å². The van der Waals surface area contributed by atoms with E-state index in [1.54, 1.807) is 0 Å². The minimum Gasteiger partial charge on any atom is -0.739 e. The van der Waals surface area contributed by atoms with Crippen LogP contribution in [-0.2, 0) is 0 Å². The largest absolute Gasteiger partial charge is 0.739 e. The molecule has 0 aliphatic heterocycles. The quantitative estimate of drug-likeness (QED) is 0.372.